The Labute approximate surface area is 174 Å². The van der Waals surface area contributed by atoms with E-state index in [1.165, 1.54) is 22.3 Å². The highest BCUT2D eigenvalue weighted by Gasteiger charge is 2.29. The van der Waals surface area contributed by atoms with Gasteiger partial charge in [-0.25, -0.2) is 4.79 Å². The van der Waals surface area contributed by atoms with Crippen molar-refractivity contribution < 1.29 is 14.3 Å². The molecule has 0 saturated carbocycles. The molecule has 1 unspecified atom stereocenters. The number of carbonyl (C=O) groups excluding carboxylic acids is 2. The fraction of sp³-hybridized carbons (Fsp3) is 0.364. The molecule has 28 heavy (non-hydrogen) atoms. The lowest BCUT2D eigenvalue weighted by atomic mass is 9.88. The van der Waals surface area contributed by atoms with Gasteiger partial charge in [0.15, 0.2) is 0 Å². The molecule has 1 aliphatic carbocycles. The number of thiophene rings is 1. The first-order chi connectivity index (χ1) is 13.3. The molecule has 148 valence electrons. The Morgan fingerprint density at radius 1 is 1.36 bits per heavy atom. The minimum Gasteiger partial charge on any atom is -0.459 e. The van der Waals surface area contributed by atoms with E-state index in [-0.39, 0.29) is 18.0 Å². The molecule has 1 aromatic heterocycles. The second-order valence-corrected chi connectivity index (χ2v) is 8.93. The summed E-state index contributed by atoms with van der Waals surface area (Å²) in [5.74, 6) is -0.0761. The zero-order valence-corrected chi connectivity index (χ0v) is 17.8. The van der Waals surface area contributed by atoms with Crippen molar-refractivity contribution in [2.24, 2.45) is 5.92 Å². The molecule has 1 aromatic carbocycles. The van der Waals surface area contributed by atoms with Crippen LogP contribution in [0.15, 0.2) is 30.3 Å². The smallest absolute Gasteiger partial charge is 0.341 e. The molecule has 0 aliphatic heterocycles. The van der Waals surface area contributed by atoms with Crippen molar-refractivity contribution in [3.05, 3.63) is 56.9 Å². The van der Waals surface area contributed by atoms with Crippen molar-refractivity contribution in [3.8, 4) is 0 Å². The van der Waals surface area contributed by atoms with Crippen LogP contribution < -0.4 is 5.32 Å². The molecule has 0 bridgehead atoms. The van der Waals surface area contributed by atoms with E-state index < -0.39 is 0 Å². The largest absolute Gasteiger partial charge is 0.459 e. The number of amides is 1. The number of anilines is 1. The molecule has 2 aromatic rings. The number of hydrogen-bond acceptors (Lipinski definition) is 4. The van der Waals surface area contributed by atoms with E-state index in [9.17, 15) is 9.59 Å². The number of nitrogens with one attached hydrogen (secondary N) is 1. The second kappa shape index (κ2) is 8.93. The summed E-state index contributed by atoms with van der Waals surface area (Å²) in [6.07, 6.45) is 5.73. The molecule has 1 amide bonds. The predicted molar refractivity (Wildman–Crippen MR) is 115 cm³/mol. The maximum absolute atomic E-state index is 12.7. The molecule has 6 heteroatoms. The van der Waals surface area contributed by atoms with E-state index in [4.69, 9.17) is 16.3 Å². The molecule has 3 rings (SSSR count). The van der Waals surface area contributed by atoms with Crippen LogP contribution in [0.3, 0.4) is 0 Å². The summed E-state index contributed by atoms with van der Waals surface area (Å²) in [4.78, 5) is 26.3. The lowest BCUT2D eigenvalue weighted by Gasteiger charge is -2.18. The van der Waals surface area contributed by atoms with Gasteiger partial charge in [-0.3, -0.25) is 4.79 Å². The first-order valence-electron chi connectivity index (χ1n) is 9.43. The van der Waals surface area contributed by atoms with Gasteiger partial charge in [-0.05, 0) is 68.4 Å². The van der Waals surface area contributed by atoms with Crippen molar-refractivity contribution >= 4 is 45.9 Å². The van der Waals surface area contributed by atoms with Gasteiger partial charge in [0.1, 0.15) is 5.00 Å². The maximum atomic E-state index is 12.7. The number of halogens is 1. The first-order valence-corrected chi connectivity index (χ1v) is 10.6. The van der Waals surface area contributed by atoms with Gasteiger partial charge < -0.3 is 10.1 Å². The highest BCUT2D eigenvalue weighted by molar-refractivity contribution is 7.17. The average Bonchev–Trinajstić information content (AvgIpc) is 2.96. The fourth-order valence-corrected chi connectivity index (χ4v) is 4.86. The van der Waals surface area contributed by atoms with Gasteiger partial charge in [-0.2, -0.15) is 0 Å². The Morgan fingerprint density at radius 3 is 2.86 bits per heavy atom. The van der Waals surface area contributed by atoms with Crippen LogP contribution in [0.2, 0.25) is 5.02 Å². The van der Waals surface area contributed by atoms with Crippen LogP contribution in [0.25, 0.3) is 6.08 Å². The van der Waals surface area contributed by atoms with Gasteiger partial charge in [0.25, 0.3) is 0 Å². The zero-order valence-electron chi connectivity index (χ0n) is 16.3. The molecule has 0 spiro atoms. The van der Waals surface area contributed by atoms with Crippen molar-refractivity contribution in [1.82, 2.24) is 0 Å². The first kappa shape index (κ1) is 20.6. The molecule has 0 radical (unpaired) electrons. The third-order valence-corrected chi connectivity index (χ3v) is 5.98. The minimum atomic E-state index is -0.365. The van der Waals surface area contributed by atoms with Crippen LogP contribution in [-0.2, 0) is 22.4 Å². The van der Waals surface area contributed by atoms with Crippen LogP contribution in [0.4, 0.5) is 5.00 Å². The summed E-state index contributed by atoms with van der Waals surface area (Å²) in [6, 6.07) is 7.26. The Bertz CT molecular complexity index is 917. The fourth-order valence-electron chi connectivity index (χ4n) is 3.26. The van der Waals surface area contributed by atoms with Gasteiger partial charge in [0, 0.05) is 16.0 Å². The Kier molecular flexibility index (Phi) is 6.57. The molecule has 1 heterocycles. The summed E-state index contributed by atoms with van der Waals surface area (Å²) in [5.41, 5.74) is 2.38. The number of fused-ring (bicyclic) bond motifs is 1. The summed E-state index contributed by atoms with van der Waals surface area (Å²) in [5, 5.41) is 4.07. The van der Waals surface area contributed by atoms with E-state index in [1.54, 1.807) is 18.2 Å². The van der Waals surface area contributed by atoms with Crippen LogP contribution in [0.5, 0.6) is 0 Å². The standard InChI is InChI=1S/C22H24ClNO3S/c1-13(2)27-22(26)20-17-9-7-14(3)11-18(17)28-21(20)24-19(25)10-8-15-5-4-6-16(23)12-15/h4-6,8,10,12-14H,7,9,11H2,1-3H3,(H,24,25). The SMILES string of the molecule is CC1CCc2c(sc(NC(=O)C=Cc3cccc(Cl)c3)c2C(=O)OC(C)C)C1. The van der Waals surface area contributed by atoms with Gasteiger partial charge in [0.05, 0.1) is 11.7 Å². The third kappa shape index (κ3) is 5.03. The number of ether oxygens (including phenoxy) is 1. The normalized spacial score (nSPS) is 16.2. The third-order valence-electron chi connectivity index (χ3n) is 4.57. The van der Waals surface area contributed by atoms with Crippen molar-refractivity contribution in [3.63, 3.8) is 0 Å². The second-order valence-electron chi connectivity index (χ2n) is 7.39. The molecule has 1 atom stereocenters. The van der Waals surface area contributed by atoms with Gasteiger partial charge in [0.2, 0.25) is 5.91 Å². The highest BCUT2D eigenvalue weighted by Crippen LogP contribution is 2.40. The maximum Gasteiger partial charge on any atom is 0.341 e. The average molecular weight is 418 g/mol. The molecular formula is C22H24ClNO3S. The van der Waals surface area contributed by atoms with E-state index in [0.29, 0.717) is 21.5 Å². The van der Waals surface area contributed by atoms with Gasteiger partial charge >= 0.3 is 5.97 Å². The van der Waals surface area contributed by atoms with Gasteiger partial charge in [-0.15, -0.1) is 11.3 Å². The van der Waals surface area contributed by atoms with Crippen molar-refractivity contribution in [2.45, 2.75) is 46.1 Å². The van der Waals surface area contributed by atoms with E-state index in [0.717, 1.165) is 30.4 Å². The van der Waals surface area contributed by atoms with Crippen LogP contribution in [0.1, 0.15) is 53.6 Å². The molecule has 4 nitrogen and oxygen atoms in total. The summed E-state index contributed by atoms with van der Waals surface area (Å²) in [7, 11) is 0. The Balaban J connectivity index is 1.84. The molecule has 0 saturated heterocycles. The van der Waals surface area contributed by atoms with E-state index in [2.05, 4.69) is 12.2 Å². The number of esters is 1. The van der Waals surface area contributed by atoms with E-state index in [1.807, 2.05) is 26.0 Å². The lowest BCUT2D eigenvalue weighted by Crippen LogP contribution is -2.18. The number of benzene rings is 1. The Hall–Kier alpha value is -2.11. The highest BCUT2D eigenvalue weighted by atomic mass is 35.5. The van der Waals surface area contributed by atoms with Crippen molar-refractivity contribution in [1.29, 1.82) is 0 Å². The molecule has 0 fully saturated rings. The molecule has 1 aliphatic rings. The summed E-state index contributed by atoms with van der Waals surface area (Å²) in [6.45, 7) is 5.86. The Morgan fingerprint density at radius 2 is 2.14 bits per heavy atom. The van der Waals surface area contributed by atoms with Crippen LogP contribution >= 0.6 is 22.9 Å². The van der Waals surface area contributed by atoms with E-state index >= 15 is 0 Å². The summed E-state index contributed by atoms with van der Waals surface area (Å²) < 4.78 is 5.44. The number of hydrogen-bond donors (Lipinski definition) is 1. The summed E-state index contributed by atoms with van der Waals surface area (Å²) >= 11 is 7.46. The molecule has 1 N–H and O–H groups in total. The zero-order chi connectivity index (χ0) is 20.3. The molecular weight excluding hydrogens is 394 g/mol. The van der Waals surface area contributed by atoms with Crippen LogP contribution in [-0.4, -0.2) is 18.0 Å². The quantitative estimate of drug-likeness (QED) is 0.498. The number of rotatable bonds is 5. The van der Waals surface area contributed by atoms with Crippen LogP contribution in [0, 0.1) is 5.92 Å². The number of carbonyl (C=O) groups is 2. The minimum absolute atomic E-state index is 0.211. The topological polar surface area (TPSA) is 55.4 Å². The van der Waals surface area contributed by atoms with Gasteiger partial charge in [-0.1, -0.05) is 30.7 Å². The monoisotopic (exact) mass is 417 g/mol. The lowest BCUT2D eigenvalue weighted by molar-refractivity contribution is -0.111. The van der Waals surface area contributed by atoms with Crippen molar-refractivity contribution in [2.75, 3.05) is 5.32 Å². The predicted octanol–water partition coefficient (Wildman–Crippen LogP) is 5.74.